The Kier molecular flexibility index (Phi) is 48.7. The lowest BCUT2D eigenvalue weighted by Crippen LogP contribution is -2.61. The zero-order valence-corrected chi connectivity index (χ0v) is 84.2. The fourth-order valence-corrected chi connectivity index (χ4v) is 21.2. The van der Waals surface area contributed by atoms with E-state index in [1.807, 2.05) is 122 Å². The number of rotatable bonds is 14. The van der Waals surface area contributed by atoms with Crippen LogP contribution in [0.25, 0.3) is 20.9 Å². The number of nitrogens with zero attached hydrogens (tertiary/aromatic N) is 8. The second-order valence-electron chi connectivity index (χ2n) is 40.4. The number of aliphatic hydroxyl groups excluding tert-OH is 2. The summed E-state index contributed by atoms with van der Waals surface area (Å²) >= 11 is 0. The van der Waals surface area contributed by atoms with Crippen LogP contribution in [0.15, 0.2) is 128 Å². The summed E-state index contributed by atoms with van der Waals surface area (Å²) in [7, 11) is 7.48. The highest BCUT2D eigenvalue weighted by Gasteiger charge is 2.56. The van der Waals surface area contributed by atoms with Crippen LogP contribution in [0, 0.1) is 71.0 Å². The molecule has 2 saturated carbocycles. The van der Waals surface area contributed by atoms with E-state index in [-0.39, 0.29) is 142 Å². The second-order valence-corrected chi connectivity index (χ2v) is 40.4. The standard InChI is InChI=1S/C54H78N4O12.C51H78N4O12.2CH4/c1-32-16-11-10-12-17-33(2)41(45-19-15-25-68-45)30-40-22-20-38(7)54(65,70-40)51(62)52(63)58-24-14-13-18-43(58)53(64)69-46(35(4)28-39-21-23-42(56-57-55)47(29-39)66-8)31-44(59)34(3)27-37(6)49(61)50(67-9)48(60)36(5)26-32;1-30-16-12-11-13-17-31(2)42(63-8)28-38-21-19-36(7)51(62,67-38)48(59)49(60)55-23-15-14-18-40(55)50(61)66-43(33(4)26-37-20-22-39(53-54-52)44(27-37)64-9)29-41(56)32(3)25-35(6)46(58)47(65-10)45(57)34(5)24-30;;/h10-12,15-17,19,25,27,32,34-36,38-43,46-47,49-50,61,65H,13-14,18,20-24,26,28-31H2,1-9H3;11-13,16-17,25,30,32-34,36-40,42-44,46-47,58,62H,14-15,18-24,26-29H2,1-10H3;2*1H4/b12-10+,16-11+,33-17+,37-27+;13-11+,16-12+,31-17+,35-25+;;/t32-,34-,35-,36-,38-,39+,40+,41?,42+,43+,46+,47-,49-,50+,54-;30-,32-,33-,34-,36-,37+,38+,39+,40+,42+,43+,44-,46-,47+,51-;;/m11../s1. The highest BCUT2D eigenvalue weighted by molar-refractivity contribution is 6.39. The zero-order valence-electron chi connectivity index (χ0n) is 84.2. The van der Waals surface area contributed by atoms with Crippen LogP contribution in [-0.4, -0.2) is 240 Å². The summed E-state index contributed by atoms with van der Waals surface area (Å²) in [5, 5.41) is 54.9. The Morgan fingerprint density at radius 3 is 1.28 bits per heavy atom. The van der Waals surface area contributed by atoms with E-state index in [0.717, 1.165) is 24.0 Å². The molecule has 2 amide bonds. The number of carbonyl (C=O) groups is 10. The number of allylic oxidation sites excluding steroid dienone is 13. The van der Waals surface area contributed by atoms with Crippen molar-refractivity contribution in [2.24, 2.45) is 81.2 Å². The van der Waals surface area contributed by atoms with E-state index in [1.165, 1.54) is 24.0 Å². The number of hydrogen-bond acceptors (Lipinski definition) is 26. The summed E-state index contributed by atoms with van der Waals surface area (Å²) in [4.78, 5) is 150. The topological polar surface area (TPSA) is 452 Å². The lowest BCUT2D eigenvalue weighted by atomic mass is 9.78. The lowest BCUT2D eigenvalue weighted by molar-refractivity contribution is -0.265. The van der Waals surface area contributed by atoms with Gasteiger partial charge in [0.25, 0.3) is 23.4 Å². The minimum atomic E-state index is -2.46. The first kappa shape index (κ1) is 119. The molecule has 9 rings (SSSR count). The molecular formula is C107H164N8O24. The zero-order chi connectivity index (χ0) is 101. The summed E-state index contributed by atoms with van der Waals surface area (Å²) in [5.74, 6) is -15.9. The summed E-state index contributed by atoms with van der Waals surface area (Å²) in [6, 6.07) is 0.717. The van der Waals surface area contributed by atoms with Crippen molar-refractivity contribution >= 4 is 58.5 Å². The van der Waals surface area contributed by atoms with Gasteiger partial charge in [-0.05, 0) is 238 Å². The number of carbonyl (C=O) groups excluding carboxylic acids is 10. The molecule has 1 unspecified atom stereocenters. The van der Waals surface area contributed by atoms with Gasteiger partial charge in [-0.2, -0.15) is 0 Å². The number of azide groups is 2. The Hall–Kier alpha value is -8.72. The molecule has 1 aromatic rings. The molecule has 32 heteroatoms. The molecule has 0 spiro atoms. The smallest absolute Gasteiger partial charge is 0.329 e. The van der Waals surface area contributed by atoms with Crippen LogP contribution in [0.1, 0.15) is 278 Å². The van der Waals surface area contributed by atoms with Crippen molar-refractivity contribution in [3.8, 4) is 0 Å². The number of esters is 2. The summed E-state index contributed by atoms with van der Waals surface area (Å²) < 4.78 is 59.3. The Bertz CT molecular complexity index is 4580. The minimum absolute atomic E-state index is 0. The third-order valence-electron chi connectivity index (χ3n) is 30.0. The van der Waals surface area contributed by atoms with Gasteiger partial charge in [0.05, 0.1) is 48.9 Å². The fraction of sp³-hybridized carbons (Fsp3) is 0.720. The van der Waals surface area contributed by atoms with Gasteiger partial charge in [0.2, 0.25) is 11.6 Å². The van der Waals surface area contributed by atoms with E-state index in [1.54, 1.807) is 87.4 Å². The molecule has 139 heavy (non-hydrogen) atoms. The van der Waals surface area contributed by atoms with Crippen molar-refractivity contribution in [1.29, 1.82) is 0 Å². The minimum Gasteiger partial charge on any atom is -0.469 e. The number of Topliss-reactive ketones (excluding diaryl/α,β-unsaturated/α-hetero) is 6. The van der Waals surface area contributed by atoms with Crippen molar-refractivity contribution in [1.82, 2.24) is 9.80 Å². The number of ketones is 6. The largest absolute Gasteiger partial charge is 0.469 e. The van der Waals surface area contributed by atoms with Gasteiger partial charge in [-0.3, -0.25) is 38.4 Å². The number of amides is 2. The van der Waals surface area contributed by atoms with Crippen LogP contribution in [0.2, 0.25) is 0 Å². The molecule has 0 aromatic carbocycles. The van der Waals surface area contributed by atoms with Crippen LogP contribution in [0.4, 0.5) is 0 Å². The van der Waals surface area contributed by atoms with Crippen LogP contribution in [0.3, 0.4) is 0 Å². The van der Waals surface area contributed by atoms with Gasteiger partial charge in [-0.25, -0.2) is 9.59 Å². The van der Waals surface area contributed by atoms with Gasteiger partial charge in [-0.1, -0.05) is 173 Å². The maximum absolute atomic E-state index is 14.5. The highest BCUT2D eigenvalue weighted by atomic mass is 16.6. The van der Waals surface area contributed by atoms with Gasteiger partial charge >= 0.3 is 11.9 Å². The SMILES string of the molecule is C.C.CO[C@@H]1C[C@H](C[C@@H](C)[C@@H]2CC(=O)[C@H](C)/C=C(\C)[C@@H](O)[C@@H](OC)C(=O)[C@H](C)C[C@H](C)/C=C/C=C/C=C(\C)C(c3ccco3)C[C@@H]3CC[C@@H](C)[C@@](O)(O3)C(=O)C(=O)N3CCCC[C@H]3C(=O)O2)CC[C@@H]1N=[N+]=[N-].CO[C@H]1C[C@@H]2CC[C@@H](C)[C@@](O)(O2)C(=O)C(=O)N2CCCC[C@H]2C(=O)O[C@H]([C@H](C)C[C@@H]2CC[C@H](N=[N+]=[N-])[C@H](OC)C2)CC(=O)[C@H](C)/C=C(\C)[C@@H](O)[C@@H](OC)C(=O)[C@H](C)C[C@H](C)/C=C/C=C/C=C/1C. The average Bonchev–Trinajstić information content (AvgIpc) is 1.02. The first-order chi connectivity index (χ1) is 65.1. The fourth-order valence-electron chi connectivity index (χ4n) is 21.2. The van der Waals surface area contributed by atoms with Gasteiger partial charge in [0, 0.05) is 119 Å². The summed E-state index contributed by atoms with van der Waals surface area (Å²) in [5.41, 5.74) is 20.8. The molecule has 32 nitrogen and oxygen atoms in total. The third kappa shape index (κ3) is 32.4. The van der Waals surface area contributed by atoms with Gasteiger partial charge < -0.3 is 77.3 Å². The molecule has 7 heterocycles. The number of aliphatic hydroxyl groups is 4. The third-order valence-corrected chi connectivity index (χ3v) is 30.0. The number of piperidine rings is 2. The predicted octanol–water partition coefficient (Wildman–Crippen LogP) is 17.6. The molecule has 30 atom stereocenters. The van der Waals surface area contributed by atoms with Gasteiger partial charge in [0.15, 0.2) is 11.6 Å². The first-order valence-electron chi connectivity index (χ1n) is 49.7. The van der Waals surface area contributed by atoms with Crippen LogP contribution in [0.5, 0.6) is 0 Å². The van der Waals surface area contributed by atoms with E-state index in [4.69, 9.17) is 58.1 Å². The van der Waals surface area contributed by atoms with Gasteiger partial charge in [0.1, 0.15) is 66.0 Å². The molecule has 4 saturated heterocycles. The Morgan fingerprint density at radius 2 is 0.899 bits per heavy atom. The highest BCUT2D eigenvalue weighted by Crippen LogP contribution is 2.44. The normalized spacial score (nSPS) is 38.2. The van der Waals surface area contributed by atoms with Crippen molar-refractivity contribution in [2.75, 3.05) is 48.6 Å². The second kappa shape index (κ2) is 56.9. The molecule has 0 radical (unpaired) electrons. The Morgan fingerprint density at radius 1 is 0.489 bits per heavy atom. The van der Waals surface area contributed by atoms with Crippen LogP contribution in [-0.2, 0) is 90.6 Å². The summed E-state index contributed by atoms with van der Waals surface area (Å²) in [6.45, 7) is 25.5. The molecule has 6 fully saturated rings. The Balaban J connectivity index is 0.000000421. The molecular weight excluding hydrogens is 1780 g/mol. The summed E-state index contributed by atoms with van der Waals surface area (Å²) in [6.07, 6.45) is 25.5. The first-order valence-corrected chi connectivity index (χ1v) is 49.7. The van der Waals surface area contributed by atoms with Gasteiger partial charge in [-0.15, -0.1) is 0 Å². The molecule has 1 aromatic heterocycles. The molecule has 4 N–H and O–H groups in total. The number of hydrogen-bond donors (Lipinski definition) is 4. The van der Waals surface area contributed by atoms with E-state index < -0.39 is 149 Å². The van der Waals surface area contributed by atoms with Crippen LogP contribution >= 0.6 is 0 Å². The van der Waals surface area contributed by atoms with E-state index in [0.29, 0.717) is 132 Å². The van der Waals surface area contributed by atoms with Crippen molar-refractivity contribution in [2.45, 2.75) is 375 Å². The predicted molar refractivity (Wildman–Crippen MR) is 528 cm³/mol. The molecule has 2 aliphatic carbocycles. The lowest BCUT2D eigenvalue weighted by Gasteiger charge is -2.42. The van der Waals surface area contributed by atoms with E-state index in [2.05, 4.69) is 20.1 Å². The molecule has 8 aliphatic rings. The molecule has 4 bridgehead atoms. The monoisotopic (exact) mass is 1950 g/mol. The maximum Gasteiger partial charge on any atom is 0.329 e. The maximum atomic E-state index is 14.5. The quantitative estimate of drug-likeness (QED) is 0.0335. The molecule has 776 valence electrons. The van der Waals surface area contributed by atoms with Crippen molar-refractivity contribution in [3.05, 3.63) is 140 Å². The number of furan rings is 1. The average molecular weight is 1950 g/mol. The van der Waals surface area contributed by atoms with Crippen LogP contribution < -0.4 is 0 Å². The Labute approximate surface area is 824 Å². The molecule has 6 aliphatic heterocycles. The number of cyclic esters (lactones) is 2. The van der Waals surface area contributed by atoms with E-state index in [9.17, 15) is 68.4 Å². The van der Waals surface area contributed by atoms with E-state index >= 15 is 0 Å². The van der Waals surface area contributed by atoms with Crippen molar-refractivity contribution in [3.63, 3.8) is 0 Å². The number of fused-ring (bicyclic) bond motifs is 6. The number of ether oxygens (including phenoxy) is 9. The van der Waals surface area contributed by atoms with Crippen molar-refractivity contribution < 1.29 is 115 Å². The number of methoxy groups -OCH3 is 5.